The zero-order chi connectivity index (χ0) is 12.3. The van der Waals surface area contributed by atoms with Gasteiger partial charge in [-0.2, -0.15) is 0 Å². The fraction of sp³-hybridized carbons (Fsp3) is 0.571. The second-order valence-corrected chi connectivity index (χ2v) is 5.20. The number of rotatable bonds is 4. The van der Waals surface area contributed by atoms with E-state index in [0.717, 1.165) is 25.1 Å². The third-order valence-electron chi connectivity index (χ3n) is 3.81. The molecule has 1 heterocycles. The fourth-order valence-corrected chi connectivity index (χ4v) is 2.61. The van der Waals surface area contributed by atoms with Crippen LogP contribution in [0.3, 0.4) is 0 Å². The summed E-state index contributed by atoms with van der Waals surface area (Å²) in [5.74, 6) is -0.177. The summed E-state index contributed by atoms with van der Waals surface area (Å²) in [6.45, 7) is 5.12. The van der Waals surface area contributed by atoms with Crippen molar-refractivity contribution >= 4 is 0 Å². The van der Waals surface area contributed by atoms with E-state index in [1.807, 2.05) is 12.1 Å². The van der Waals surface area contributed by atoms with E-state index >= 15 is 0 Å². The first-order chi connectivity index (χ1) is 8.14. The highest BCUT2D eigenvalue weighted by Crippen LogP contribution is 2.24. The standard InChI is InChI=1S/C14H21FN2/c1-14(11-16,17-8-2-3-9-17)10-12-4-6-13(15)7-5-12/h4-7H,2-3,8-11,16H2,1H3. The van der Waals surface area contributed by atoms with Gasteiger partial charge in [-0.1, -0.05) is 12.1 Å². The lowest BCUT2D eigenvalue weighted by Gasteiger charge is -2.38. The molecule has 0 amide bonds. The Hall–Kier alpha value is -0.930. The van der Waals surface area contributed by atoms with Crippen molar-refractivity contribution in [1.82, 2.24) is 4.90 Å². The van der Waals surface area contributed by atoms with E-state index in [0.29, 0.717) is 6.54 Å². The smallest absolute Gasteiger partial charge is 0.123 e. The van der Waals surface area contributed by atoms with Crippen LogP contribution in [0.15, 0.2) is 24.3 Å². The molecule has 1 atom stereocenters. The maximum absolute atomic E-state index is 12.9. The minimum Gasteiger partial charge on any atom is -0.329 e. The van der Waals surface area contributed by atoms with Gasteiger partial charge in [-0.15, -0.1) is 0 Å². The zero-order valence-electron chi connectivity index (χ0n) is 10.5. The van der Waals surface area contributed by atoms with Crippen LogP contribution in [0.1, 0.15) is 25.3 Å². The Kier molecular flexibility index (Phi) is 3.79. The third kappa shape index (κ3) is 2.85. The van der Waals surface area contributed by atoms with Crippen molar-refractivity contribution in [2.45, 2.75) is 31.7 Å². The Labute approximate surface area is 103 Å². The van der Waals surface area contributed by atoms with Crippen LogP contribution >= 0.6 is 0 Å². The summed E-state index contributed by atoms with van der Waals surface area (Å²) in [5.41, 5.74) is 7.12. The van der Waals surface area contributed by atoms with Gasteiger partial charge < -0.3 is 5.73 Å². The molecule has 0 aliphatic carbocycles. The van der Waals surface area contributed by atoms with Crippen LogP contribution in [0, 0.1) is 5.82 Å². The Balaban J connectivity index is 2.10. The molecule has 94 valence electrons. The van der Waals surface area contributed by atoms with E-state index in [2.05, 4.69) is 11.8 Å². The van der Waals surface area contributed by atoms with Gasteiger partial charge in [0.2, 0.25) is 0 Å². The van der Waals surface area contributed by atoms with Crippen LogP contribution in [0.2, 0.25) is 0 Å². The summed E-state index contributed by atoms with van der Waals surface area (Å²) in [7, 11) is 0. The van der Waals surface area contributed by atoms with Gasteiger partial charge >= 0.3 is 0 Å². The molecule has 0 spiro atoms. The monoisotopic (exact) mass is 236 g/mol. The van der Waals surface area contributed by atoms with Gasteiger partial charge in [0, 0.05) is 12.1 Å². The lowest BCUT2D eigenvalue weighted by molar-refractivity contribution is 0.143. The Morgan fingerprint density at radius 1 is 1.24 bits per heavy atom. The highest BCUT2D eigenvalue weighted by molar-refractivity contribution is 5.19. The first-order valence-electron chi connectivity index (χ1n) is 6.34. The van der Waals surface area contributed by atoms with Crippen LogP contribution in [0.25, 0.3) is 0 Å². The van der Waals surface area contributed by atoms with Crippen molar-refractivity contribution in [3.63, 3.8) is 0 Å². The van der Waals surface area contributed by atoms with E-state index in [4.69, 9.17) is 5.73 Å². The molecule has 0 bridgehead atoms. The van der Waals surface area contributed by atoms with Crippen LogP contribution in [-0.4, -0.2) is 30.1 Å². The third-order valence-corrected chi connectivity index (χ3v) is 3.81. The number of hydrogen-bond acceptors (Lipinski definition) is 2. The molecule has 17 heavy (non-hydrogen) atoms. The molecule has 1 fully saturated rings. The summed E-state index contributed by atoms with van der Waals surface area (Å²) < 4.78 is 12.9. The topological polar surface area (TPSA) is 29.3 Å². The second-order valence-electron chi connectivity index (χ2n) is 5.20. The largest absolute Gasteiger partial charge is 0.329 e. The minimum atomic E-state index is -0.177. The Morgan fingerprint density at radius 2 is 1.82 bits per heavy atom. The average Bonchev–Trinajstić information content (AvgIpc) is 2.86. The molecule has 3 heteroatoms. The van der Waals surface area contributed by atoms with Crippen molar-refractivity contribution in [3.8, 4) is 0 Å². The number of hydrogen-bond donors (Lipinski definition) is 1. The summed E-state index contributed by atoms with van der Waals surface area (Å²) in [6, 6.07) is 6.77. The van der Waals surface area contributed by atoms with Gasteiger partial charge in [0.1, 0.15) is 5.82 Å². The molecule has 1 aliphatic rings. The lowest BCUT2D eigenvalue weighted by atomic mass is 9.91. The maximum Gasteiger partial charge on any atom is 0.123 e. The van der Waals surface area contributed by atoms with Gasteiger partial charge in [0.05, 0.1) is 0 Å². The molecule has 1 unspecified atom stereocenters. The summed E-state index contributed by atoms with van der Waals surface area (Å²) in [5, 5.41) is 0. The predicted octanol–water partition coefficient (Wildman–Crippen LogP) is 2.18. The van der Waals surface area contributed by atoms with E-state index in [9.17, 15) is 4.39 Å². The first-order valence-corrected chi connectivity index (χ1v) is 6.34. The van der Waals surface area contributed by atoms with Crippen LogP contribution in [0.4, 0.5) is 4.39 Å². The molecule has 1 saturated heterocycles. The molecule has 0 aromatic heterocycles. The van der Waals surface area contributed by atoms with Gasteiger partial charge in [-0.05, 0) is 57.0 Å². The molecule has 2 N–H and O–H groups in total. The maximum atomic E-state index is 12.9. The molecule has 1 aromatic rings. The lowest BCUT2D eigenvalue weighted by Crippen LogP contribution is -2.51. The van der Waals surface area contributed by atoms with Crippen LogP contribution < -0.4 is 5.73 Å². The molecular formula is C14H21FN2. The van der Waals surface area contributed by atoms with Gasteiger partial charge in [-0.25, -0.2) is 4.39 Å². The molecule has 0 saturated carbocycles. The van der Waals surface area contributed by atoms with Crippen molar-refractivity contribution in [2.24, 2.45) is 5.73 Å². The quantitative estimate of drug-likeness (QED) is 0.868. The molecule has 1 aromatic carbocycles. The van der Waals surface area contributed by atoms with E-state index in [1.165, 1.54) is 25.0 Å². The van der Waals surface area contributed by atoms with Crippen molar-refractivity contribution in [3.05, 3.63) is 35.6 Å². The van der Waals surface area contributed by atoms with Crippen molar-refractivity contribution in [2.75, 3.05) is 19.6 Å². The molecular weight excluding hydrogens is 215 g/mol. The highest BCUT2D eigenvalue weighted by Gasteiger charge is 2.32. The summed E-state index contributed by atoms with van der Waals surface area (Å²) >= 11 is 0. The van der Waals surface area contributed by atoms with Crippen molar-refractivity contribution in [1.29, 1.82) is 0 Å². The normalized spacial score (nSPS) is 20.4. The summed E-state index contributed by atoms with van der Waals surface area (Å²) in [4.78, 5) is 2.47. The Bertz CT molecular complexity index is 357. The second kappa shape index (κ2) is 5.15. The van der Waals surface area contributed by atoms with E-state index in [1.54, 1.807) is 0 Å². The van der Waals surface area contributed by atoms with E-state index < -0.39 is 0 Å². The van der Waals surface area contributed by atoms with Crippen LogP contribution in [0.5, 0.6) is 0 Å². The molecule has 2 rings (SSSR count). The van der Waals surface area contributed by atoms with Crippen LogP contribution in [-0.2, 0) is 6.42 Å². The van der Waals surface area contributed by atoms with Gasteiger partial charge in [0.25, 0.3) is 0 Å². The highest BCUT2D eigenvalue weighted by atomic mass is 19.1. The fourth-order valence-electron chi connectivity index (χ4n) is 2.61. The van der Waals surface area contributed by atoms with Crippen molar-refractivity contribution < 1.29 is 4.39 Å². The molecule has 1 aliphatic heterocycles. The number of nitrogens with two attached hydrogens (primary N) is 1. The molecule has 0 radical (unpaired) electrons. The SMILES string of the molecule is CC(CN)(Cc1ccc(F)cc1)N1CCCC1. The first kappa shape index (κ1) is 12.5. The molecule has 2 nitrogen and oxygen atoms in total. The minimum absolute atomic E-state index is 0.00826. The van der Waals surface area contributed by atoms with Gasteiger partial charge in [-0.3, -0.25) is 4.90 Å². The number of nitrogens with zero attached hydrogens (tertiary/aromatic N) is 1. The predicted molar refractivity (Wildman–Crippen MR) is 68.4 cm³/mol. The number of halogens is 1. The van der Waals surface area contributed by atoms with Gasteiger partial charge in [0.15, 0.2) is 0 Å². The zero-order valence-corrected chi connectivity index (χ0v) is 10.5. The number of benzene rings is 1. The Morgan fingerprint density at radius 3 is 2.35 bits per heavy atom. The average molecular weight is 236 g/mol. The summed E-state index contributed by atoms with van der Waals surface area (Å²) in [6.07, 6.45) is 3.42. The number of likely N-dealkylation sites (tertiary alicyclic amines) is 1. The van der Waals surface area contributed by atoms with E-state index in [-0.39, 0.29) is 11.4 Å².